The highest BCUT2D eigenvalue weighted by molar-refractivity contribution is 6.09. The van der Waals surface area contributed by atoms with E-state index in [9.17, 15) is 0 Å². The zero-order chi connectivity index (χ0) is 45.7. The van der Waals surface area contributed by atoms with Gasteiger partial charge in [-0.3, -0.25) is 0 Å². The molecule has 69 heavy (non-hydrogen) atoms. The average molecular weight is 879 g/mol. The van der Waals surface area contributed by atoms with Crippen LogP contribution in [0.15, 0.2) is 279 Å². The smallest absolute Gasteiger partial charge is 0.0713 e. The Bertz CT molecular complexity index is 3710. The first-order valence-electron chi connectivity index (χ1n) is 23.8. The number of aromatic nitrogens is 1. The summed E-state index contributed by atoms with van der Waals surface area (Å²) in [4.78, 5) is 2.42. The molecule has 0 radical (unpaired) electrons. The van der Waals surface area contributed by atoms with E-state index in [0.29, 0.717) is 0 Å². The Morgan fingerprint density at radius 3 is 1.36 bits per heavy atom. The van der Waals surface area contributed by atoms with Crippen LogP contribution in [0.5, 0.6) is 0 Å². The van der Waals surface area contributed by atoms with Crippen molar-refractivity contribution in [3.05, 3.63) is 301 Å². The fraction of sp³-hybridized carbons (Fsp3) is 0.0149. The summed E-state index contributed by atoms with van der Waals surface area (Å²) in [6, 6.07) is 102. The quantitative estimate of drug-likeness (QED) is 0.140. The standard InChI is InChI=1S/C67H46N2/c1-3-18-47(19-4-1)48-34-36-50(37-35-48)57-24-9-14-31-64(57)68(54-42-38-49(39-43-54)51-20-17-23-56(46-51)69-65-32-15-10-27-60(65)61-28-11-16-33-66(61)69)55-44-40-53(41-45-55)67(52-21-5-2-6-22-52)62-29-12-7-25-58(62)59-26-8-13-30-63(59)67/h1-46H. The van der Waals surface area contributed by atoms with E-state index in [4.69, 9.17) is 0 Å². The van der Waals surface area contributed by atoms with Gasteiger partial charge in [-0.05, 0) is 116 Å². The third-order valence-electron chi connectivity index (χ3n) is 14.3. The third kappa shape index (κ3) is 6.64. The number of hydrogen-bond donors (Lipinski definition) is 0. The van der Waals surface area contributed by atoms with E-state index >= 15 is 0 Å². The number of para-hydroxylation sites is 3. The van der Waals surface area contributed by atoms with Crippen molar-refractivity contribution in [2.24, 2.45) is 0 Å². The van der Waals surface area contributed by atoms with Crippen molar-refractivity contribution in [3.8, 4) is 50.2 Å². The molecule has 1 heterocycles. The van der Waals surface area contributed by atoms with Crippen molar-refractivity contribution in [3.63, 3.8) is 0 Å². The van der Waals surface area contributed by atoms with E-state index in [2.05, 4.69) is 289 Å². The molecule has 0 atom stereocenters. The van der Waals surface area contributed by atoms with Gasteiger partial charge in [0.2, 0.25) is 0 Å². The molecule has 0 amide bonds. The summed E-state index contributed by atoms with van der Waals surface area (Å²) in [6.07, 6.45) is 0. The van der Waals surface area contributed by atoms with Gasteiger partial charge in [-0.1, -0.05) is 224 Å². The minimum Gasteiger partial charge on any atom is -0.310 e. The molecule has 0 bridgehead atoms. The first kappa shape index (κ1) is 40.3. The van der Waals surface area contributed by atoms with Gasteiger partial charge >= 0.3 is 0 Å². The van der Waals surface area contributed by atoms with Crippen molar-refractivity contribution in [1.29, 1.82) is 0 Å². The fourth-order valence-electron chi connectivity index (χ4n) is 11.2. The first-order chi connectivity index (χ1) is 34.2. The van der Waals surface area contributed by atoms with Crippen LogP contribution in [0.2, 0.25) is 0 Å². The topological polar surface area (TPSA) is 8.17 Å². The van der Waals surface area contributed by atoms with Gasteiger partial charge in [0.1, 0.15) is 0 Å². The SMILES string of the molecule is c1ccc(-c2ccc(-c3ccccc3N(c3ccc(-c4cccc(-n5c6ccccc6c6ccccc65)c4)cc3)c3ccc(C4(c5ccccc5)c5ccccc5-c5ccccc54)cc3)cc2)cc1. The van der Waals surface area contributed by atoms with Gasteiger partial charge < -0.3 is 9.47 Å². The molecular formula is C67H46N2. The van der Waals surface area contributed by atoms with Crippen molar-refractivity contribution in [1.82, 2.24) is 4.57 Å². The normalized spacial score (nSPS) is 12.5. The Labute approximate surface area is 403 Å². The zero-order valence-corrected chi connectivity index (χ0v) is 38.0. The van der Waals surface area contributed by atoms with Crippen molar-refractivity contribution < 1.29 is 0 Å². The molecule has 2 nitrogen and oxygen atoms in total. The lowest BCUT2D eigenvalue weighted by atomic mass is 9.68. The third-order valence-corrected chi connectivity index (χ3v) is 14.3. The molecule has 0 N–H and O–H groups in total. The number of benzene rings is 11. The second kappa shape index (κ2) is 16.7. The Morgan fingerprint density at radius 1 is 0.290 bits per heavy atom. The molecule has 0 aliphatic heterocycles. The number of hydrogen-bond acceptors (Lipinski definition) is 1. The maximum Gasteiger partial charge on any atom is 0.0713 e. The summed E-state index contributed by atoms with van der Waals surface area (Å²) in [5, 5.41) is 2.52. The molecule has 1 aromatic heterocycles. The number of nitrogens with zero attached hydrogens (tertiary/aromatic N) is 2. The first-order valence-corrected chi connectivity index (χ1v) is 23.8. The average Bonchev–Trinajstić information content (AvgIpc) is 3.93. The van der Waals surface area contributed by atoms with Crippen LogP contribution < -0.4 is 4.90 Å². The molecule has 1 aliphatic carbocycles. The number of anilines is 3. The van der Waals surface area contributed by atoms with Crippen LogP contribution in [0.4, 0.5) is 17.1 Å². The number of rotatable bonds is 9. The van der Waals surface area contributed by atoms with E-state index in [0.717, 1.165) is 39.4 Å². The lowest BCUT2D eigenvalue weighted by Crippen LogP contribution is -2.28. The Balaban J connectivity index is 0.942. The summed E-state index contributed by atoms with van der Waals surface area (Å²) in [7, 11) is 0. The van der Waals surface area contributed by atoms with Gasteiger partial charge in [0, 0.05) is 33.4 Å². The molecule has 324 valence electrons. The van der Waals surface area contributed by atoms with Crippen LogP contribution in [0.25, 0.3) is 72.0 Å². The number of fused-ring (bicyclic) bond motifs is 6. The molecule has 1 aliphatic rings. The van der Waals surface area contributed by atoms with E-state index in [1.54, 1.807) is 0 Å². The summed E-state index contributed by atoms with van der Waals surface area (Å²) < 4.78 is 2.39. The van der Waals surface area contributed by atoms with Crippen LogP contribution in [0.1, 0.15) is 22.3 Å². The molecular weight excluding hydrogens is 833 g/mol. The van der Waals surface area contributed by atoms with E-state index in [-0.39, 0.29) is 0 Å². The van der Waals surface area contributed by atoms with Crippen LogP contribution >= 0.6 is 0 Å². The predicted octanol–water partition coefficient (Wildman–Crippen LogP) is 17.6. The lowest BCUT2D eigenvalue weighted by Gasteiger charge is -2.34. The van der Waals surface area contributed by atoms with Crippen molar-refractivity contribution in [2.75, 3.05) is 4.90 Å². The van der Waals surface area contributed by atoms with Gasteiger partial charge in [0.25, 0.3) is 0 Å². The second-order valence-electron chi connectivity index (χ2n) is 18.0. The Hall–Kier alpha value is -8.98. The molecule has 0 saturated carbocycles. The van der Waals surface area contributed by atoms with Gasteiger partial charge in [-0.25, -0.2) is 0 Å². The van der Waals surface area contributed by atoms with Crippen LogP contribution in [0, 0.1) is 0 Å². The van der Waals surface area contributed by atoms with Gasteiger partial charge in [0.05, 0.1) is 22.1 Å². The molecule has 0 unspecified atom stereocenters. The van der Waals surface area contributed by atoms with Crippen molar-refractivity contribution in [2.45, 2.75) is 5.41 Å². The maximum absolute atomic E-state index is 2.42. The van der Waals surface area contributed by atoms with Crippen LogP contribution in [0.3, 0.4) is 0 Å². The van der Waals surface area contributed by atoms with Crippen LogP contribution in [-0.4, -0.2) is 4.57 Å². The summed E-state index contributed by atoms with van der Waals surface area (Å²) in [6.45, 7) is 0. The highest BCUT2D eigenvalue weighted by Crippen LogP contribution is 2.56. The van der Waals surface area contributed by atoms with E-state index < -0.39 is 5.41 Å². The minimum absolute atomic E-state index is 0.481. The van der Waals surface area contributed by atoms with Crippen LogP contribution in [-0.2, 0) is 5.41 Å². The zero-order valence-electron chi connectivity index (χ0n) is 38.0. The van der Waals surface area contributed by atoms with Crippen molar-refractivity contribution >= 4 is 38.9 Å². The minimum atomic E-state index is -0.481. The van der Waals surface area contributed by atoms with Gasteiger partial charge in [0.15, 0.2) is 0 Å². The predicted molar refractivity (Wildman–Crippen MR) is 289 cm³/mol. The largest absolute Gasteiger partial charge is 0.310 e. The monoisotopic (exact) mass is 878 g/mol. The van der Waals surface area contributed by atoms with Gasteiger partial charge in [-0.15, -0.1) is 0 Å². The second-order valence-corrected chi connectivity index (χ2v) is 18.0. The summed E-state index contributed by atoms with van der Waals surface area (Å²) >= 11 is 0. The molecule has 2 heteroatoms. The molecule has 13 rings (SSSR count). The Kier molecular flexibility index (Phi) is 9.77. The molecule has 12 aromatic rings. The molecule has 0 fully saturated rings. The molecule has 11 aromatic carbocycles. The van der Waals surface area contributed by atoms with Gasteiger partial charge in [-0.2, -0.15) is 0 Å². The van der Waals surface area contributed by atoms with E-state index in [1.165, 1.54) is 71.9 Å². The summed E-state index contributed by atoms with van der Waals surface area (Å²) in [5.41, 5.74) is 21.1. The lowest BCUT2D eigenvalue weighted by molar-refractivity contribution is 0.768. The molecule has 0 spiro atoms. The molecule has 0 saturated heterocycles. The fourth-order valence-corrected chi connectivity index (χ4v) is 11.2. The highest BCUT2D eigenvalue weighted by atomic mass is 15.1. The maximum atomic E-state index is 2.42. The van der Waals surface area contributed by atoms with E-state index in [1.807, 2.05) is 0 Å². The highest BCUT2D eigenvalue weighted by Gasteiger charge is 2.45. The summed E-state index contributed by atoms with van der Waals surface area (Å²) in [5.74, 6) is 0. The Morgan fingerprint density at radius 2 is 0.725 bits per heavy atom.